The van der Waals surface area contributed by atoms with Crippen LogP contribution in [0, 0.1) is 11.7 Å². The maximum absolute atomic E-state index is 13.1. The van der Waals surface area contributed by atoms with Crippen molar-refractivity contribution in [3.63, 3.8) is 0 Å². The zero-order chi connectivity index (χ0) is 11.8. The Balaban J connectivity index is 2.15. The van der Waals surface area contributed by atoms with Crippen LogP contribution in [0.2, 0.25) is 0 Å². The van der Waals surface area contributed by atoms with Gasteiger partial charge in [-0.3, -0.25) is 0 Å². The summed E-state index contributed by atoms with van der Waals surface area (Å²) in [6.07, 6.45) is 2.57. The van der Waals surface area contributed by atoms with Gasteiger partial charge in [-0.2, -0.15) is 0 Å². The number of benzene rings is 1. The van der Waals surface area contributed by atoms with Gasteiger partial charge >= 0.3 is 0 Å². The quantitative estimate of drug-likeness (QED) is 0.892. The largest absolute Gasteiger partial charge is 0.388 e. The monoisotopic (exact) mass is 287 g/mol. The predicted molar refractivity (Wildman–Crippen MR) is 64.5 cm³/mol. The Hall–Kier alpha value is -0.450. The van der Waals surface area contributed by atoms with E-state index < -0.39 is 5.60 Å². The average molecular weight is 288 g/mol. The molecule has 0 radical (unpaired) electrons. The van der Waals surface area contributed by atoms with Crippen LogP contribution in [0.1, 0.15) is 18.4 Å². The first-order valence-corrected chi connectivity index (χ1v) is 6.21. The molecule has 4 heteroatoms. The van der Waals surface area contributed by atoms with Gasteiger partial charge in [0, 0.05) is 13.0 Å². The molecule has 0 amide bonds. The number of hydrogen-bond acceptors (Lipinski definition) is 2. The van der Waals surface area contributed by atoms with Crippen molar-refractivity contribution < 1.29 is 9.50 Å². The summed E-state index contributed by atoms with van der Waals surface area (Å²) in [6, 6.07) is 4.81. The van der Waals surface area contributed by atoms with E-state index >= 15 is 0 Å². The van der Waals surface area contributed by atoms with Crippen LogP contribution in [-0.4, -0.2) is 17.3 Å². The van der Waals surface area contributed by atoms with Crippen molar-refractivity contribution in [2.45, 2.75) is 24.9 Å². The van der Waals surface area contributed by atoms with Crippen LogP contribution in [0.4, 0.5) is 4.39 Å². The summed E-state index contributed by atoms with van der Waals surface area (Å²) < 4.78 is 13.5. The van der Waals surface area contributed by atoms with E-state index in [1.165, 1.54) is 6.07 Å². The smallest absolute Gasteiger partial charge is 0.137 e. The molecule has 1 aliphatic carbocycles. The van der Waals surface area contributed by atoms with E-state index in [0.717, 1.165) is 18.4 Å². The van der Waals surface area contributed by atoms with Crippen molar-refractivity contribution in [1.82, 2.24) is 0 Å². The lowest BCUT2D eigenvalue weighted by Crippen LogP contribution is -2.42. The number of halogens is 2. The molecule has 0 bridgehead atoms. The highest BCUT2D eigenvalue weighted by Gasteiger charge is 2.42. The highest BCUT2D eigenvalue weighted by Crippen LogP contribution is 2.41. The third kappa shape index (κ3) is 2.44. The minimum Gasteiger partial charge on any atom is -0.388 e. The molecule has 0 aliphatic heterocycles. The van der Waals surface area contributed by atoms with Gasteiger partial charge in [-0.1, -0.05) is 6.07 Å². The van der Waals surface area contributed by atoms with Crippen molar-refractivity contribution in [3.05, 3.63) is 34.1 Å². The van der Waals surface area contributed by atoms with Crippen LogP contribution in [0.15, 0.2) is 22.7 Å². The normalized spacial score (nSPS) is 19.5. The van der Waals surface area contributed by atoms with Crippen molar-refractivity contribution >= 4 is 15.9 Å². The maximum atomic E-state index is 13.1. The molecule has 0 aromatic heterocycles. The summed E-state index contributed by atoms with van der Waals surface area (Å²) in [4.78, 5) is 0. The lowest BCUT2D eigenvalue weighted by atomic mass is 9.90. The van der Waals surface area contributed by atoms with E-state index in [2.05, 4.69) is 15.9 Å². The van der Waals surface area contributed by atoms with Crippen LogP contribution in [0.25, 0.3) is 0 Å². The molecule has 1 aromatic carbocycles. The Labute approximate surface area is 103 Å². The summed E-state index contributed by atoms with van der Waals surface area (Å²) >= 11 is 3.14. The highest BCUT2D eigenvalue weighted by molar-refractivity contribution is 9.10. The number of rotatable bonds is 4. The van der Waals surface area contributed by atoms with E-state index in [-0.39, 0.29) is 12.4 Å². The molecule has 2 rings (SSSR count). The summed E-state index contributed by atoms with van der Waals surface area (Å²) in [6.45, 7) is 0.257. The number of hydrogen-bond donors (Lipinski definition) is 2. The van der Waals surface area contributed by atoms with E-state index in [1.54, 1.807) is 12.1 Å². The first kappa shape index (κ1) is 12.0. The fourth-order valence-electron chi connectivity index (χ4n) is 2.01. The van der Waals surface area contributed by atoms with E-state index in [4.69, 9.17) is 5.73 Å². The summed E-state index contributed by atoms with van der Waals surface area (Å²) in [5, 5.41) is 10.3. The van der Waals surface area contributed by atoms with Crippen LogP contribution in [-0.2, 0) is 6.42 Å². The summed E-state index contributed by atoms with van der Waals surface area (Å²) in [7, 11) is 0. The molecule has 0 saturated heterocycles. The molecular formula is C12H15BrFNO. The molecule has 1 saturated carbocycles. The van der Waals surface area contributed by atoms with Gasteiger partial charge in [-0.25, -0.2) is 4.39 Å². The number of aliphatic hydroxyl groups is 1. The predicted octanol–water partition coefficient (Wildman–Crippen LogP) is 2.23. The number of nitrogens with two attached hydrogens (primary N) is 1. The minimum absolute atomic E-state index is 0.257. The van der Waals surface area contributed by atoms with E-state index in [0.29, 0.717) is 16.8 Å². The van der Waals surface area contributed by atoms with Gasteiger partial charge in [0.2, 0.25) is 0 Å². The first-order valence-electron chi connectivity index (χ1n) is 5.41. The van der Waals surface area contributed by atoms with Gasteiger partial charge < -0.3 is 10.8 Å². The van der Waals surface area contributed by atoms with Crippen LogP contribution >= 0.6 is 15.9 Å². The van der Waals surface area contributed by atoms with Crippen LogP contribution in [0.5, 0.6) is 0 Å². The van der Waals surface area contributed by atoms with Gasteiger partial charge in [-0.15, -0.1) is 0 Å². The second-order valence-corrected chi connectivity index (χ2v) is 5.36. The Bertz CT molecular complexity index is 395. The fourth-order valence-corrected chi connectivity index (χ4v) is 2.43. The molecule has 1 aliphatic rings. The highest BCUT2D eigenvalue weighted by atomic mass is 79.9. The minimum atomic E-state index is -0.822. The molecule has 16 heavy (non-hydrogen) atoms. The average Bonchev–Trinajstić information content (AvgIpc) is 3.07. The second-order valence-electron chi connectivity index (χ2n) is 4.51. The molecule has 0 heterocycles. The van der Waals surface area contributed by atoms with Crippen LogP contribution in [0.3, 0.4) is 0 Å². The zero-order valence-corrected chi connectivity index (χ0v) is 10.5. The molecule has 88 valence electrons. The third-order valence-corrected chi connectivity index (χ3v) is 3.79. The first-order chi connectivity index (χ1) is 7.55. The van der Waals surface area contributed by atoms with Gasteiger partial charge in [0.15, 0.2) is 0 Å². The van der Waals surface area contributed by atoms with Gasteiger partial charge in [-0.05, 0) is 52.4 Å². The van der Waals surface area contributed by atoms with E-state index in [9.17, 15) is 9.50 Å². The molecule has 0 spiro atoms. The molecular weight excluding hydrogens is 273 g/mol. The Morgan fingerprint density at radius 1 is 1.50 bits per heavy atom. The lowest BCUT2D eigenvalue weighted by molar-refractivity contribution is 0.0267. The molecule has 1 unspecified atom stereocenters. The third-order valence-electron chi connectivity index (χ3n) is 3.19. The molecule has 2 nitrogen and oxygen atoms in total. The fraction of sp³-hybridized carbons (Fsp3) is 0.500. The van der Waals surface area contributed by atoms with Gasteiger partial charge in [0.05, 0.1) is 10.1 Å². The Kier molecular flexibility index (Phi) is 3.33. The van der Waals surface area contributed by atoms with Gasteiger partial charge in [0.1, 0.15) is 5.82 Å². The van der Waals surface area contributed by atoms with Crippen molar-refractivity contribution in [2.24, 2.45) is 11.7 Å². The van der Waals surface area contributed by atoms with Crippen LogP contribution < -0.4 is 5.73 Å². The Morgan fingerprint density at radius 2 is 2.19 bits per heavy atom. The van der Waals surface area contributed by atoms with Crippen molar-refractivity contribution in [2.75, 3.05) is 6.54 Å². The zero-order valence-electron chi connectivity index (χ0n) is 8.92. The second kappa shape index (κ2) is 4.43. The summed E-state index contributed by atoms with van der Waals surface area (Å²) in [5.74, 6) is 0.0211. The van der Waals surface area contributed by atoms with Gasteiger partial charge in [0.25, 0.3) is 0 Å². The van der Waals surface area contributed by atoms with E-state index in [1.807, 2.05) is 0 Å². The SMILES string of the molecule is NCC(O)(Cc1ccc(F)c(Br)c1)C1CC1. The standard InChI is InChI=1S/C12H15BrFNO/c13-10-5-8(1-4-11(10)14)6-12(16,7-15)9-2-3-9/h1,4-5,9,16H,2-3,6-7,15H2. The molecule has 1 atom stereocenters. The lowest BCUT2D eigenvalue weighted by Gasteiger charge is -2.26. The van der Waals surface area contributed by atoms with Crippen molar-refractivity contribution in [1.29, 1.82) is 0 Å². The topological polar surface area (TPSA) is 46.2 Å². The Morgan fingerprint density at radius 3 is 2.69 bits per heavy atom. The molecule has 1 fully saturated rings. The molecule has 1 aromatic rings. The molecule has 3 N–H and O–H groups in total. The maximum Gasteiger partial charge on any atom is 0.137 e. The summed E-state index contributed by atoms with van der Waals surface area (Å²) in [5.41, 5.74) is 5.72. The van der Waals surface area contributed by atoms with Crippen molar-refractivity contribution in [3.8, 4) is 0 Å².